The van der Waals surface area contributed by atoms with Crippen molar-refractivity contribution >= 4 is 30.2 Å². The molecule has 2 rings (SSSR count). The SMILES string of the molecule is CCC(C)C(N)C(=O)N1CCCN1C(=O)Nc1cc(OC)on1.Cl. The first-order valence-electron chi connectivity index (χ1n) is 7.64. The van der Waals surface area contributed by atoms with Crippen molar-refractivity contribution in [3.63, 3.8) is 0 Å². The van der Waals surface area contributed by atoms with E-state index < -0.39 is 12.1 Å². The van der Waals surface area contributed by atoms with E-state index in [-0.39, 0.29) is 36.0 Å². The van der Waals surface area contributed by atoms with E-state index in [1.54, 1.807) is 0 Å². The van der Waals surface area contributed by atoms with Gasteiger partial charge in [0.25, 0.3) is 5.91 Å². The summed E-state index contributed by atoms with van der Waals surface area (Å²) in [6.45, 7) is 4.81. The lowest BCUT2D eigenvalue weighted by Crippen LogP contribution is -2.53. The molecule has 0 aliphatic carbocycles. The van der Waals surface area contributed by atoms with Crippen molar-refractivity contribution in [2.45, 2.75) is 32.7 Å². The van der Waals surface area contributed by atoms with E-state index >= 15 is 0 Å². The van der Waals surface area contributed by atoms with Crippen molar-refractivity contribution in [2.24, 2.45) is 11.7 Å². The number of halogens is 1. The molecule has 1 fully saturated rings. The third kappa shape index (κ3) is 4.30. The molecular formula is C14H24ClN5O4. The Morgan fingerprint density at radius 2 is 2.12 bits per heavy atom. The van der Waals surface area contributed by atoms with Crippen LogP contribution < -0.4 is 15.8 Å². The van der Waals surface area contributed by atoms with Gasteiger partial charge in [0.05, 0.1) is 19.2 Å². The van der Waals surface area contributed by atoms with Crippen LogP contribution in [-0.4, -0.2) is 53.4 Å². The minimum Gasteiger partial charge on any atom is -0.467 e. The number of carbonyl (C=O) groups excluding carboxylic acids is 2. The summed E-state index contributed by atoms with van der Waals surface area (Å²) in [6.07, 6.45) is 1.50. The predicted molar refractivity (Wildman–Crippen MR) is 89.8 cm³/mol. The minimum atomic E-state index is -0.624. The van der Waals surface area contributed by atoms with Crippen LogP contribution in [0.2, 0.25) is 0 Å². The molecular weight excluding hydrogens is 338 g/mol. The molecule has 0 aromatic carbocycles. The molecule has 0 radical (unpaired) electrons. The zero-order chi connectivity index (χ0) is 17.0. The molecule has 0 spiro atoms. The van der Waals surface area contributed by atoms with Gasteiger partial charge in [-0.05, 0) is 12.3 Å². The third-order valence-electron chi connectivity index (χ3n) is 3.99. The van der Waals surface area contributed by atoms with Crippen LogP contribution in [0.3, 0.4) is 0 Å². The van der Waals surface area contributed by atoms with E-state index in [9.17, 15) is 9.59 Å². The number of amides is 3. The molecule has 1 saturated heterocycles. The average molecular weight is 362 g/mol. The molecule has 2 atom stereocenters. The standard InChI is InChI=1S/C14H23N5O4.ClH/c1-4-9(2)12(15)13(20)18-6-5-7-19(18)14(21)16-10-8-11(22-3)23-17-10;/h8-9,12H,4-7,15H2,1-3H3,(H,16,17,21);1H. The Morgan fingerprint density at radius 3 is 2.71 bits per heavy atom. The summed E-state index contributed by atoms with van der Waals surface area (Å²) < 4.78 is 9.69. The fourth-order valence-corrected chi connectivity index (χ4v) is 2.31. The maximum Gasteiger partial charge on any atom is 0.341 e. The lowest BCUT2D eigenvalue weighted by Gasteiger charge is -2.31. The van der Waals surface area contributed by atoms with E-state index in [1.807, 2.05) is 13.8 Å². The van der Waals surface area contributed by atoms with Crippen LogP contribution in [0, 0.1) is 5.92 Å². The number of rotatable bonds is 5. The molecule has 9 nitrogen and oxygen atoms in total. The number of aromatic nitrogens is 1. The second-order valence-electron chi connectivity index (χ2n) is 5.51. The molecule has 1 aromatic heterocycles. The fourth-order valence-electron chi connectivity index (χ4n) is 2.31. The Balaban J connectivity index is 0.00000288. The van der Waals surface area contributed by atoms with Gasteiger partial charge in [0.15, 0.2) is 5.82 Å². The van der Waals surface area contributed by atoms with E-state index in [1.165, 1.54) is 23.2 Å². The molecule has 0 saturated carbocycles. The first kappa shape index (κ1) is 20.0. The van der Waals surface area contributed by atoms with E-state index in [2.05, 4.69) is 10.5 Å². The minimum absolute atomic E-state index is 0. The molecule has 24 heavy (non-hydrogen) atoms. The number of anilines is 1. The van der Waals surface area contributed by atoms with Crippen molar-refractivity contribution in [1.29, 1.82) is 0 Å². The Kier molecular flexibility index (Phi) is 7.30. The normalized spacial score (nSPS) is 16.3. The van der Waals surface area contributed by atoms with E-state index in [0.29, 0.717) is 19.5 Å². The van der Waals surface area contributed by atoms with Gasteiger partial charge in [0.2, 0.25) is 0 Å². The Hall–Kier alpha value is -2.00. The Labute approximate surface area is 146 Å². The molecule has 3 N–H and O–H groups in total. The molecule has 1 aliphatic heterocycles. The Morgan fingerprint density at radius 1 is 1.46 bits per heavy atom. The highest BCUT2D eigenvalue weighted by Gasteiger charge is 2.35. The number of ether oxygens (including phenoxy) is 1. The van der Waals surface area contributed by atoms with Crippen LogP contribution in [-0.2, 0) is 4.79 Å². The number of nitrogens with one attached hydrogen (secondary N) is 1. The number of methoxy groups -OCH3 is 1. The van der Waals surface area contributed by atoms with Crippen LogP contribution in [0.25, 0.3) is 0 Å². The van der Waals surface area contributed by atoms with Gasteiger partial charge in [0, 0.05) is 13.1 Å². The summed E-state index contributed by atoms with van der Waals surface area (Å²) in [5, 5.41) is 8.99. The Bertz CT molecular complexity index is 567. The number of hydrogen-bond acceptors (Lipinski definition) is 6. The molecule has 3 amide bonds. The number of urea groups is 1. The third-order valence-corrected chi connectivity index (χ3v) is 3.99. The predicted octanol–water partition coefficient (Wildman–Crippen LogP) is 1.46. The molecule has 136 valence electrons. The molecule has 10 heteroatoms. The van der Waals surface area contributed by atoms with Gasteiger partial charge in [-0.3, -0.25) is 10.1 Å². The average Bonchev–Trinajstić information content (AvgIpc) is 3.21. The summed E-state index contributed by atoms with van der Waals surface area (Å²) >= 11 is 0. The second-order valence-corrected chi connectivity index (χ2v) is 5.51. The van der Waals surface area contributed by atoms with Crippen LogP contribution in [0.15, 0.2) is 10.6 Å². The quantitative estimate of drug-likeness (QED) is 0.820. The van der Waals surface area contributed by atoms with Crippen molar-refractivity contribution in [1.82, 2.24) is 15.2 Å². The van der Waals surface area contributed by atoms with Crippen molar-refractivity contribution in [3.8, 4) is 5.95 Å². The molecule has 1 aliphatic rings. The van der Waals surface area contributed by atoms with Crippen LogP contribution in [0.4, 0.5) is 10.6 Å². The summed E-state index contributed by atoms with van der Waals surface area (Å²) in [6, 6.07) is 0.370. The van der Waals surface area contributed by atoms with Gasteiger partial charge >= 0.3 is 12.0 Å². The van der Waals surface area contributed by atoms with Crippen molar-refractivity contribution in [2.75, 3.05) is 25.5 Å². The maximum atomic E-state index is 12.5. The van der Waals surface area contributed by atoms with Crippen LogP contribution >= 0.6 is 12.4 Å². The lowest BCUT2D eigenvalue weighted by molar-refractivity contribution is -0.142. The first-order valence-corrected chi connectivity index (χ1v) is 7.64. The largest absolute Gasteiger partial charge is 0.467 e. The summed E-state index contributed by atoms with van der Waals surface area (Å²) in [5.41, 5.74) is 5.99. The highest BCUT2D eigenvalue weighted by molar-refractivity contribution is 5.91. The van der Waals surface area contributed by atoms with Crippen LogP contribution in [0.1, 0.15) is 26.7 Å². The van der Waals surface area contributed by atoms with Gasteiger partial charge in [0.1, 0.15) is 0 Å². The fraction of sp³-hybridized carbons (Fsp3) is 0.643. The summed E-state index contributed by atoms with van der Waals surface area (Å²) in [4.78, 5) is 24.8. The van der Waals surface area contributed by atoms with Gasteiger partial charge in [-0.1, -0.05) is 25.4 Å². The van der Waals surface area contributed by atoms with E-state index in [4.69, 9.17) is 15.0 Å². The first-order chi connectivity index (χ1) is 11.0. The lowest BCUT2D eigenvalue weighted by atomic mass is 9.99. The van der Waals surface area contributed by atoms with E-state index in [0.717, 1.165) is 6.42 Å². The van der Waals surface area contributed by atoms with Gasteiger partial charge in [-0.25, -0.2) is 14.8 Å². The summed E-state index contributed by atoms with van der Waals surface area (Å²) in [7, 11) is 1.43. The van der Waals surface area contributed by atoms with Gasteiger partial charge < -0.3 is 15.0 Å². The van der Waals surface area contributed by atoms with Gasteiger partial charge in [-0.2, -0.15) is 0 Å². The van der Waals surface area contributed by atoms with Crippen LogP contribution in [0.5, 0.6) is 5.95 Å². The molecule has 1 aromatic rings. The monoisotopic (exact) mass is 361 g/mol. The highest BCUT2D eigenvalue weighted by atomic mass is 35.5. The number of hydrazine groups is 1. The zero-order valence-electron chi connectivity index (χ0n) is 14.0. The number of hydrogen-bond donors (Lipinski definition) is 2. The molecule has 2 heterocycles. The van der Waals surface area contributed by atoms with Gasteiger partial charge in [-0.15, -0.1) is 12.4 Å². The highest BCUT2D eigenvalue weighted by Crippen LogP contribution is 2.19. The molecule has 0 bridgehead atoms. The molecule has 2 unspecified atom stereocenters. The zero-order valence-corrected chi connectivity index (χ0v) is 14.8. The topological polar surface area (TPSA) is 114 Å². The number of nitrogens with zero attached hydrogens (tertiary/aromatic N) is 3. The summed E-state index contributed by atoms with van der Waals surface area (Å²) in [5.74, 6) is 0.211. The van der Waals surface area contributed by atoms with Crippen molar-refractivity contribution in [3.05, 3.63) is 6.07 Å². The van der Waals surface area contributed by atoms with Crippen molar-refractivity contribution < 1.29 is 18.8 Å². The smallest absolute Gasteiger partial charge is 0.341 e. The number of nitrogens with two attached hydrogens (primary N) is 1. The maximum absolute atomic E-state index is 12.5. The number of carbonyl (C=O) groups is 2. The second kappa shape index (κ2) is 8.74.